The highest BCUT2D eigenvalue weighted by Gasteiger charge is 2.29. The maximum atomic E-state index is 13.1. The van der Waals surface area contributed by atoms with E-state index in [9.17, 15) is 4.79 Å². The van der Waals surface area contributed by atoms with E-state index in [0.717, 1.165) is 29.2 Å². The van der Waals surface area contributed by atoms with Crippen molar-refractivity contribution in [3.8, 4) is 16.5 Å². The van der Waals surface area contributed by atoms with E-state index in [0.29, 0.717) is 37.0 Å². The second-order valence-corrected chi connectivity index (χ2v) is 9.57. The summed E-state index contributed by atoms with van der Waals surface area (Å²) in [5.74, 6) is 0.212. The number of ether oxygens (including phenoxy) is 2. The fourth-order valence-corrected chi connectivity index (χ4v) is 4.66. The first-order valence-electron chi connectivity index (χ1n) is 11.0. The van der Waals surface area contributed by atoms with Crippen molar-refractivity contribution in [3.63, 3.8) is 0 Å². The summed E-state index contributed by atoms with van der Waals surface area (Å²) in [5, 5.41) is 9.53. The summed E-state index contributed by atoms with van der Waals surface area (Å²) < 4.78 is 12.4. The molecule has 0 radical (unpaired) electrons. The largest absolute Gasteiger partial charge is 0.379 e. The Bertz CT molecular complexity index is 1090. The van der Waals surface area contributed by atoms with Gasteiger partial charge in [0.05, 0.1) is 47.8 Å². The first-order chi connectivity index (χ1) is 15.9. The van der Waals surface area contributed by atoms with Crippen molar-refractivity contribution in [2.24, 2.45) is 0 Å². The lowest BCUT2D eigenvalue weighted by atomic mass is 10.0. The van der Waals surface area contributed by atoms with E-state index in [1.165, 1.54) is 0 Å². The third-order valence-electron chi connectivity index (χ3n) is 5.85. The smallest absolute Gasteiger partial charge is 0.254 e. The molecule has 0 aromatic carbocycles. The molecule has 1 N–H and O–H groups in total. The molecule has 1 aliphatic heterocycles. The van der Waals surface area contributed by atoms with Gasteiger partial charge >= 0.3 is 0 Å². The minimum atomic E-state index is -0.194. The molecule has 1 saturated heterocycles. The zero-order valence-corrected chi connectivity index (χ0v) is 20.3. The molecule has 4 heterocycles. The number of hydrogen-bond acceptors (Lipinski definition) is 8. The van der Waals surface area contributed by atoms with Gasteiger partial charge in [-0.1, -0.05) is 6.07 Å². The molecule has 1 aliphatic rings. The Hall–Kier alpha value is -2.66. The van der Waals surface area contributed by atoms with E-state index >= 15 is 0 Å². The zero-order chi connectivity index (χ0) is 23.4. The Morgan fingerprint density at radius 3 is 2.79 bits per heavy atom. The highest BCUT2D eigenvalue weighted by molar-refractivity contribution is 7.13. The van der Waals surface area contributed by atoms with Crippen LogP contribution in [0.3, 0.4) is 0 Å². The Balaban J connectivity index is 1.57. The normalized spacial score (nSPS) is 15.0. The predicted octanol–water partition coefficient (Wildman–Crippen LogP) is 2.69. The minimum absolute atomic E-state index is 0.188. The van der Waals surface area contributed by atoms with Gasteiger partial charge in [0.2, 0.25) is 0 Å². The van der Waals surface area contributed by atoms with E-state index in [2.05, 4.69) is 34.1 Å². The van der Waals surface area contributed by atoms with Gasteiger partial charge in [-0.25, -0.2) is 9.97 Å². The molecule has 3 aromatic rings. The number of morpholine rings is 1. The Kier molecular flexibility index (Phi) is 7.18. The van der Waals surface area contributed by atoms with Crippen molar-refractivity contribution in [2.45, 2.75) is 32.9 Å². The Morgan fingerprint density at radius 2 is 2.09 bits per heavy atom. The van der Waals surface area contributed by atoms with Gasteiger partial charge in [0.1, 0.15) is 0 Å². The first kappa shape index (κ1) is 23.5. The second-order valence-electron chi connectivity index (χ2n) is 8.62. The number of nitrogens with zero attached hydrogens (tertiary/aromatic N) is 5. The van der Waals surface area contributed by atoms with Crippen LogP contribution >= 0.6 is 11.3 Å². The number of rotatable bonds is 8. The average Bonchev–Trinajstić information content (AvgIpc) is 3.49. The number of amides is 1. The van der Waals surface area contributed by atoms with Crippen LogP contribution in [0.5, 0.6) is 0 Å². The Labute approximate surface area is 197 Å². The van der Waals surface area contributed by atoms with Crippen molar-refractivity contribution in [1.82, 2.24) is 30.0 Å². The summed E-state index contributed by atoms with van der Waals surface area (Å²) >= 11 is 1.62. The van der Waals surface area contributed by atoms with Crippen molar-refractivity contribution in [1.29, 1.82) is 0 Å². The SMILES string of the molecule is COCc1c(C(=O)NCC(C)(C)N2CCOCC2)cnn1-c1ncc(C)c(-c2cccs2)n1. The molecule has 176 valence electrons. The van der Waals surface area contributed by atoms with Crippen molar-refractivity contribution in [3.05, 3.63) is 46.7 Å². The summed E-state index contributed by atoms with van der Waals surface area (Å²) in [6, 6.07) is 4.02. The summed E-state index contributed by atoms with van der Waals surface area (Å²) in [6.07, 6.45) is 3.33. The third-order valence-corrected chi connectivity index (χ3v) is 6.72. The zero-order valence-electron chi connectivity index (χ0n) is 19.5. The van der Waals surface area contributed by atoms with Gasteiger partial charge in [0.25, 0.3) is 11.9 Å². The van der Waals surface area contributed by atoms with Crippen LogP contribution in [-0.4, -0.2) is 76.1 Å². The Morgan fingerprint density at radius 1 is 1.30 bits per heavy atom. The predicted molar refractivity (Wildman–Crippen MR) is 127 cm³/mol. The lowest BCUT2D eigenvalue weighted by molar-refractivity contribution is -0.00924. The van der Waals surface area contributed by atoms with Crippen LogP contribution in [-0.2, 0) is 16.1 Å². The number of hydrogen-bond donors (Lipinski definition) is 1. The number of methoxy groups -OCH3 is 1. The van der Waals surface area contributed by atoms with Gasteiger partial charge < -0.3 is 14.8 Å². The number of aromatic nitrogens is 4. The highest BCUT2D eigenvalue weighted by atomic mass is 32.1. The molecule has 0 bridgehead atoms. The van der Waals surface area contributed by atoms with Crippen molar-refractivity contribution < 1.29 is 14.3 Å². The molecule has 1 fully saturated rings. The molecule has 0 atom stereocenters. The average molecular weight is 471 g/mol. The van der Waals surface area contributed by atoms with Crippen LogP contribution in [0.25, 0.3) is 16.5 Å². The van der Waals surface area contributed by atoms with E-state index < -0.39 is 0 Å². The van der Waals surface area contributed by atoms with Gasteiger partial charge in [0, 0.05) is 38.5 Å². The summed E-state index contributed by atoms with van der Waals surface area (Å²) in [5.41, 5.74) is 2.71. The van der Waals surface area contributed by atoms with Crippen LogP contribution in [0.15, 0.2) is 29.9 Å². The van der Waals surface area contributed by atoms with Gasteiger partial charge in [-0.3, -0.25) is 9.69 Å². The van der Waals surface area contributed by atoms with Crippen LogP contribution in [0.1, 0.15) is 35.5 Å². The maximum absolute atomic E-state index is 13.1. The van der Waals surface area contributed by atoms with E-state index in [1.54, 1.807) is 35.5 Å². The topological polar surface area (TPSA) is 94.4 Å². The van der Waals surface area contributed by atoms with Crippen LogP contribution in [0.4, 0.5) is 0 Å². The fraction of sp³-hybridized carbons (Fsp3) is 0.478. The number of thiophene rings is 1. The monoisotopic (exact) mass is 470 g/mol. The molecular weight excluding hydrogens is 440 g/mol. The fourth-order valence-electron chi connectivity index (χ4n) is 3.88. The van der Waals surface area contributed by atoms with Gasteiger partial charge in [-0.15, -0.1) is 11.3 Å². The second kappa shape index (κ2) is 10.1. The van der Waals surface area contributed by atoms with Crippen LogP contribution in [0, 0.1) is 6.92 Å². The summed E-state index contributed by atoms with van der Waals surface area (Å²) in [7, 11) is 1.59. The molecule has 1 amide bonds. The van der Waals surface area contributed by atoms with E-state index in [4.69, 9.17) is 14.5 Å². The lowest BCUT2D eigenvalue weighted by Gasteiger charge is -2.40. The highest BCUT2D eigenvalue weighted by Crippen LogP contribution is 2.26. The number of carbonyl (C=O) groups excluding carboxylic acids is 1. The van der Waals surface area contributed by atoms with E-state index in [-0.39, 0.29) is 18.1 Å². The number of nitrogens with one attached hydrogen (secondary N) is 1. The van der Waals surface area contributed by atoms with Crippen molar-refractivity contribution in [2.75, 3.05) is 40.0 Å². The molecule has 4 rings (SSSR count). The number of carbonyl (C=O) groups is 1. The molecule has 0 saturated carbocycles. The number of aryl methyl sites for hydroxylation is 1. The summed E-state index contributed by atoms with van der Waals surface area (Å²) in [4.78, 5) is 25.7. The summed E-state index contributed by atoms with van der Waals surface area (Å²) in [6.45, 7) is 10.1. The molecule has 33 heavy (non-hydrogen) atoms. The van der Waals surface area contributed by atoms with Gasteiger partial charge in [-0.05, 0) is 37.8 Å². The molecular formula is C23H30N6O3S. The van der Waals surface area contributed by atoms with Crippen LogP contribution in [0.2, 0.25) is 0 Å². The lowest BCUT2D eigenvalue weighted by Crippen LogP contribution is -2.55. The minimum Gasteiger partial charge on any atom is -0.379 e. The quantitative estimate of drug-likeness (QED) is 0.541. The van der Waals surface area contributed by atoms with E-state index in [1.807, 2.05) is 24.4 Å². The molecule has 3 aromatic heterocycles. The molecule has 0 spiro atoms. The molecule has 10 heteroatoms. The first-order valence-corrected chi connectivity index (χ1v) is 11.8. The maximum Gasteiger partial charge on any atom is 0.254 e. The standard InChI is InChI=1S/C23H30N6O3S/c1-16-12-24-22(27-20(16)19-6-5-11-33-19)29-18(14-31-4)17(13-26-29)21(30)25-15-23(2,3)28-7-9-32-10-8-28/h5-6,11-13H,7-10,14-15H2,1-4H3,(H,25,30). The molecule has 9 nitrogen and oxygen atoms in total. The van der Waals surface area contributed by atoms with Crippen LogP contribution < -0.4 is 5.32 Å². The molecule has 0 aliphatic carbocycles. The third kappa shape index (κ3) is 5.14. The van der Waals surface area contributed by atoms with Gasteiger partial charge in [-0.2, -0.15) is 9.78 Å². The van der Waals surface area contributed by atoms with Crippen molar-refractivity contribution >= 4 is 17.2 Å². The van der Waals surface area contributed by atoms with Gasteiger partial charge in [0.15, 0.2) is 0 Å². The molecule has 0 unspecified atom stereocenters.